The van der Waals surface area contributed by atoms with Crippen LogP contribution in [-0.4, -0.2) is 9.97 Å². The summed E-state index contributed by atoms with van der Waals surface area (Å²) < 4.78 is 0. The maximum absolute atomic E-state index is 4.19. The number of aromatic amines is 1. The minimum absolute atomic E-state index is 0.825. The highest BCUT2D eigenvalue weighted by atomic mass is 14.7. The van der Waals surface area contributed by atoms with Crippen molar-refractivity contribution in [3.8, 4) is 23.1 Å². The van der Waals surface area contributed by atoms with Gasteiger partial charge in [-0.1, -0.05) is 42.3 Å². The monoisotopic (exact) mass is 272 g/mol. The van der Waals surface area contributed by atoms with E-state index in [9.17, 15) is 0 Å². The van der Waals surface area contributed by atoms with E-state index in [0.717, 1.165) is 24.2 Å². The second-order valence-electron chi connectivity index (χ2n) is 4.78. The van der Waals surface area contributed by atoms with Crippen LogP contribution in [0.15, 0.2) is 66.9 Å². The van der Waals surface area contributed by atoms with Gasteiger partial charge in [0.2, 0.25) is 0 Å². The predicted molar refractivity (Wildman–Crippen MR) is 85.7 cm³/mol. The van der Waals surface area contributed by atoms with E-state index in [2.05, 4.69) is 46.1 Å². The topological polar surface area (TPSA) is 28.7 Å². The molecule has 0 fully saturated rings. The molecule has 2 nitrogen and oxygen atoms in total. The van der Waals surface area contributed by atoms with Gasteiger partial charge in [-0.05, 0) is 42.2 Å². The zero-order chi connectivity index (χ0) is 14.3. The SMILES string of the molecule is C(#Cc1ccccn1)CCc1ccc(-c2ccccc2)[nH]1. The van der Waals surface area contributed by atoms with E-state index < -0.39 is 0 Å². The van der Waals surface area contributed by atoms with Crippen molar-refractivity contribution >= 4 is 0 Å². The van der Waals surface area contributed by atoms with Crippen molar-refractivity contribution in [3.05, 3.63) is 78.2 Å². The molecule has 0 saturated heterocycles. The van der Waals surface area contributed by atoms with Gasteiger partial charge in [0, 0.05) is 24.0 Å². The molecule has 0 atom stereocenters. The van der Waals surface area contributed by atoms with Crippen LogP contribution in [0.1, 0.15) is 17.8 Å². The standard InChI is InChI=1S/C19H16N2/c1-2-8-16(9-3-1)19-14-13-18(21-19)12-5-4-10-17-11-6-7-15-20-17/h1-3,6-9,11,13-15,21H,5,12H2. The van der Waals surface area contributed by atoms with Crippen molar-refractivity contribution in [1.29, 1.82) is 0 Å². The first-order valence-electron chi connectivity index (χ1n) is 7.05. The Morgan fingerprint density at radius 1 is 0.905 bits per heavy atom. The normalized spacial score (nSPS) is 9.90. The van der Waals surface area contributed by atoms with Gasteiger partial charge in [-0.25, -0.2) is 4.98 Å². The number of nitrogens with zero attached hydrogens (tertiary/aromatic N) is 1. The van der Waals surface area contributed by atoms with E-state index in [4.69, 9.17) is 0 Å². The fourth-order valence-corrected chi connectivity index (χ4v) is 2.16. The molecule has 0 aliphatic carbocycles. The summed E-state index contributed by atoms with van der Waals surface area (Å²) in [6, 6.07) is 20.4. The number of rotatable bonds is 3. The average Bonchev–Trinajstić information content (AvgIpc) is 3.02. The first-order valence-corrected chi connectivity index (χ1v) is 7.05. The summed E-state index contributed by atoms with van der Waals surface area (Å²) in [6.45, 7) is 0. The highest BCUT2D eigenvalue weighted by molar-refractivity contribution is 5.59. The average molecular weight is 272 g/mol. The summed E-state index contributed by atoms with van der Waals surface area (Å²) in [7, 11) is 0. The lowest BCUT2D eigenvalue weighted by Crippen LogP contribution is -1.85. The second-order valence-corrected chi connectivity index (χ2v) is 4.78. The highest BCUT2D eigenvalue weighted by Gasteiger charge is 2.00. The molecule has 2 aromatic heterocycles. The molecule has 102 valence electrons. The van der Waals surface area contributed by atoms with Crippen LogP contribution in [0.5, 0.6) is 0 Å². The lowest BCUT2D eigenvalue weighted by molar-refractivity contribution is 0.981. The lowest BCUT2D eigenvalue weighted by atomic mass is 10.2. The molecule has 0 aliphatic heterocycles. The van der Waals surface area contributed by atoms with Crippen molar-refractivity contribution in [3.63, 3.8) is 0 Å². The van der Waals surface area contributed by atoms with Crippen molar-refractivity contribution in [2.75, 3.05) is 0 Å². The first-order chi connectivity index (χ1) is 10.4. The molecule has 0 saturated carbocycles. The largest absolute Gasteiger partial charge is 0.358 e. The molecule has 0 unspecified atom stereocenters. The Bertz CT molecular complexity index is 746. The van der Waals surface area contributed by atoms with Crippen LogP contribution in [-0.2, 0) is 6.42 Å². The van der Waals surface area contributed by atoms with Crippen LogP contribution >= 0.6 is 0 Å². The number of pyridine rings is 1. The number of benzene rings is 1. The van der Waals surface area contributed by atoms with Crippen molar-refractivity contribution in [1.82, 2.24) is 9.97 Å². The van der Waals surface area contributed by atoms with Gasteiger partial charge in [-0.15, -0.1) is 0 Å². The first kappa shape index (κ1) is 13.2. The van der Waals surface area contributed by atoms with Gasteiger partial charge in [0.05, 0.1) is 0 Å². The van der Waals surface area contributed by atoms with Gasteiger partial charge < -0.3 is 4.98 Å². The number of aryl methyl sites for hydroxylation is 1. The highest BCUT2D eigenvalue weighted by Crippen LogP contribution is 2.18. The Morgan fingerprint density at radius 2 is 1.76 bits per heavy atom. The molecule has 0 amide bonds. The van der Waals surface area contributed by atoms with Crippen molar-refractivity contribution < 1.29 is 0 Å². The summed E-state index contributed by atoms with van der Waals surface area (Å²) in [4.78, 5) is 7.63. The molecule has 2 heterocycles. The molecule has 0 aliphatic rings. The molecule has 3 rings (SSSR count). The third kappa shape index (κ3) is 3.61. The molecule has 21 heavy (non-hydrogen) atoms. The van der Waals surface area contributed by atoms with Gasteiger partial charge >= 0.3 is 0 Å². The van der Waals surface area contributed by atoms with E-state index >= 15 is 0 Å². The summed E-state index contributed by atoms with van der Waals surface area (Å²) in [5.74, 6) is 6.25. The van der Waals surface area contributed by atoms with Gasteiger partial charge in [0.1, 0.15) is 5.69 Å². The van der Waals surface area contributed by atoms with Crippen molar-refractivity contribution in [2.45, 2.75) is 12.8 Å². The molecular formula is C19H16N2. The van der Waals surface area contributed by atoms with Gasteiger partial charge in [-0.3, -0.25) is 0 Å². The van der Waals surface area contributed by atoms with E-state index in [0.29, 0.717) is 0 Å². The van der Waals surface area contributed by atoms with E-state index in [1.165, 1.54) is 11.3 Å². The Labute approximate surface area is 124 Å². The number of hydrogen-bond donors (Lipinski definition) is 1. The fraction of sp³-hybridized carbons (Fsp3) is 0.105. The van der Waals surface area contributed by atoms with Crippen LogP contribution in [0.25, 0.3) is 11.3 Å². The van der Waals surface area contributed by atoms with Crippen LogP contribution < -0.4 is 0 Å². The molecule has 3 aromatic rings. The summed E-state index contributed by atoms with van der Waals surface area (Å²) >= 11 is 0. The second kappa shape index (κ2) is 6.58. The maximum Gasteiger partial charge on any atom is 0.113 e. The fourth-order valence-electron chi connectivity index (χ4n) is 2.16. The molecule has 1 aromatic carbocycles. The smallest absolute Gasteiger partial charge is 0.113 e. The van der Waals surface area contributed by atoms with E-state index in [-0.39, 0.29) is 0 Å². The third-order valence-electron chi connectivity index (χ3n) is 3.23. The zero-order valence-corrected chi connectivity index (χ0v) is 11.7. The lowest BCUT2D eigenvalue weighted by Gasteiger charge is -1.97. The van der Waals surface area contributed by atoms with Crippen LogP contribution in [0.2, 0.25) is 0 Å². The molecule has 1 N–H and O–H groups in total. The summed E-state index contributed by atoms with van der Waals surface area (Å²) in [6.07, 6.45) is 3.51. The number of hydrogen-bond acceptors (Lipinski definition) is 1. The molecule has 2 heteroatoms. The zero-order valence-electron chi connectivity index (χ0n) is 11.7. The predicted octanol–water partition coefficient (Wildman–Crippen LogP) is 4.06. The number of H-pyrrole nitrogens is 1. The minimum Gasteiger partial charge on any atom is -0.358 e. The quantitative estimate of drug-likeness (QED) is 0.716. The third-order valence-corrected chi connectivity index (χ3v) is 3.23. The van der Waals surface area contributed by atoms with Crippen LogP contribution in [0.3, 0.4) is 0 Å². The summed E-state index contributed by atoms with van der Waals surface area (Å²) in [5.41, 5.74) is 4.41. The van der Waals surface area contributed by atoms with Crippen LogP contribution in [0, 0.1) is 11.8 Å². The maximum atomic E-state index is 4.19. The Kier molecular flexibility index (Phi) is 4.14. The number of aromatic nitrogens is 2. The van der Waals surface area contributed by atoms with Crippen LogP contribution in [0.4, 0.5) is 0 Å². The van der Waals surface area contributed by atoms with E-state index in [1.54, 1.807) is 6.20 Å². The molecule has 0 spiro atoms. The molecule has 0 bridgehead atoms. The van der Waals surface area contributed by atoms with Crippen molar-refractivity contribution in [2.24, 2.45) is 0 Å². The summed E-state index contributed by atoms with van der Waals surface area (Å²) in [5, 5.41) is 0. The van der Waals surface area contributed by atoms with E-state index in [1.807, 2.05) is 36.4 Å². The Balaban J connectivity index is 1.60. The molecular weight excluding hydrogens is 256 g/mol. The Morgan fingerprint density at radius 3 is 2.57 bits per heavy atom. The Hall–Kier alpha value is -2.79. The van der Waals surface area contributed by atoms with Gasteiger partial charge in [0.15, 0.2) is 0 Å². The minimum atomic E-state index is 0.825. The van der Waals surface area contributed by atoms with Gasteiger partial charge in [-0.2, -0.15) is 0 Å². The number of nitrogens with one attached hydrogen (secondary N) is 1. The van der Waals surface area contributed by atoms with Gasteiger partial charge in [0.25, 0.3) is 0 Å². The molecule has 0 radical (unpaired) electrons.